The van der Waals surface area contributed by atoms with Gasteiger partial charge < -0.3 is 10.9 Å². The van der Waals surface area contributed by atoms with E-state index in [-0.39, 0.29) is 76.9 Å². The fourth-order valence-corrected chi connectivity index (χ4v) is 3.24. The summed E-state index contributed by atoms with van der Waals surface area (Å²) in [4.78, 5) is 0. The van der Waals surface area contributed by atoms with E-state index < -0.39 is 15.9 Å². The van der Waals surface area contributed by atoms with Gasteiger partial charge in [0.1, 0.15) is 12.4 Å². The zero-order valence-corrected chi connectivity index (χ0v) is 20.3. The predicted molar refractivity (Wildman–Crippen MR) is 97.4 cm³/mol. The molecule has 5 nitrogen and oxygen atoms in total. The van der Waals surface area contributed by atoms with Gasteiger partial charge in [-0.15, -0.1) is 0 Å². The van der Waals surface area contributed by atoms with E-state index in [2.05, 4.69) is 46.8 Å². The van der Waals surface area contributed by atoms with Crippen molar-refractivity contribution in [2.24, 2.45) is 5.41 Å². The molecule has 0 saturated heterocycles. The minimum atomic E-state index is -3.96. The molecule has 0 atom stereocenters. The molecule has 1 rings (SSSR count). The maximum atomic E-state index is 10.5. The molecule has 0 amide bonds. The van der Waals surface area contributed by atoms with Gasteiger partial charge >= 0.3 is 51.4 Å². The van der Waals surface area contributed by atoms with Crippen LogP contribution in [0.1, 0.15) is 48.0 Å². The van der Waals surface area contributed by atoms with E-state index in [0.717, 1.165) is 12.2 Å². The van der Waals surface area contributed by atoms with Crippen LogP contribution in [-0.4, -0.2) is 38.5 Å². The fourth-order valence-electron chi connectivity index (χ4n) is 2.91. The van der Waals surface area contributed by atoms with E-state index >= 15 is 0 Å². The van der Waals surface area contributed by atoms with E-state index in [1.807, 2.05) is 12.1 Å². The van der Waals surface area contributed by atoms with E-state index in [1.165, 1.54) is 5.56 Å². The molecule has 0 bridgehead atoms. The second-order valence-corrected chi connectivity index (χ2v) is 9.46. The van der Waals surface area contributed by atoms with Gasteiger partial charge in [0.25, 0.3) is 10.1 Å². The number of rotatable bonds is 9. The molecule has 1 aromatic carbocycles. The summed E-state index contributed by atoms with van der Waals surface area (Å²) in [5.74, 6) is 0.355. The maximum Gasteiger partial charge on any atom is 1.00 e. The molecule has 0 aliphatic rings. The predicted octanol–water partition coefficient (Wildman–Crippen LogP) is 0.800. The van der Waals surface area contributed by atoms with E-state index in [1.54, 1.807) is 0 Å². The van der Waals surface area contributed by atoms with E-state index in [0.29, 0.717) is 6.61 Å². The molecular weight excluding hydrogens is 367 g/mol. The summed E-state index contributed by atoms with van der Waals surface area (Å²) in [7, 11) is -3.96. The van der Waals surface area contributed by atoms with Crippen LogP contribution < -0.4 is 56.1 Å². The second kappa shape index (κ2) is 10.8. The Hall–Kier alpha value is 0.526. The Morgan fingerprint density at radius 1 is 1.00 bits per heavy atom. The number of hydrogen-bond donors (Lipinski definition) is 1. The molecule has 7 heteroatoms. The Bertz CT molecular complexity index is 609. The van der Waals surface area contributed by atoms with Gasteiger partial charge in [-0.25, -0.2) is 0 Å². The summed E-state index contributed by atoms with van der Waals surface area (Å²) in [5, 5.41) is 0. The Balaban J connectivity index is 0. The second-order valence-electron chi connectivity index (χ2n) is 7.89. The molecule has 0 aromatic heterocycles. The van der Waals surface area contributed by atoms with Crippen molar-refractivity contribution >= 4 is 10.1 Å². The quantitative estimate of drug-likeness (QED) is 0.378. The molecule has 1 N–H and O–H groups in total. The van der Waals surface area contributed by atoms with Crippen LogP contribution in [0.25, 0.3) is 0 Å². The first-order chi connectivity index (χ1) is 10.9. The molecule has 0 aliphatic heterocycles. The van der Waals surface area contributed by atoms with Gasteiger partial charge in [-0.3, -0.25) is 4.55 Å². The van der Waals surface area contributed by atoms with Crippen molar-refractivity contribution in [3.63, 3.8) is 0 Å². The molecule has 140 valence electrons. The van der Waals surface area contributed by atoms with Gasteiger partial charge in [-0.05, 0) is 34.9 Å². The summed E-state index contributed by atoms with van der Waals surface area (Å²) in [6, 6.07) is 8.05. The first-order valence-electron chi connectivity index (χ1n) is 8.15. The monoisotopic (exact) mass is 398 g/mol. The van der Waals surface area contributed by atoms with Crippen molar-refractivity contribution in [3.05, 3.63) is 29.8 Å². The van der Waals surface area contributed by atoms with Gasteiger partial charge in [0.05, 0.1) is 19.0 Å². The van der Waals surface area contributed by atoms with Crippen molar-refractivity contribution in [1.29, 1.82) is 0 Å². The van der Waals surface area contributed by atoms with Crippen LogP contribution in [0, 0.1) is 5.41 Å². The summed E-state index contributed by atoms with van der Waals surface area (Å²) in [6.07, 6.45) is 1.09. The number of hydrogen-bond acceptors (Lipinski definition) is 4. The fraction of sp³-hybridized carbons (Fsp3) is 0.667. The molecule has 0 radical (unpaired) electrons. The summed E-state index contributed by atoms with van der Waals surface area (Å²) in [6.45, 7) is 11.8. The van der Waals surface area contributed by atoms with Gasteiger partial charge in [-0.2, -0.15) is 8.42 Å². The molecule has 0 aliphatic carbocycles. The molecule has 0 spiro atoms. The Labute approximate surface area is 196 Å². The molecular formula is C18H31KO5S. The maximum absolute atomic E-state index is 10.5. The van der Waals surface area contributed by atoms with Crippen LogP contribution >= 0.6 is 0 Å². The number of benzene rings is 1. The zero-order chi connectivity index (χ0) is 18.4. The van der Waals surface area contributed by atoms with Gasteiger partial charge in [-0.1, -0.05) is 46.8 Å². The largest absolute Gasteiger partial charge is 1.00 e. The third kappa shape index (κ3) is 11.8. The number of ether oxygens (including phenoxy) is 2. The summed E-state index contributed by atoms with van der Waals surface area (Å²) < 4.78 is 40.3. The van der Waals surface area contributed by atoms with Gasteiger partial charge in [0.15, 0.2) is 0 Å². The van der Waals surface area contributed by atoms with E-state index in [4.69, 9.17) is 14.0 Å². The van der Waals surface area contributed by atoms with Crippen molar-refractivity contribution < 1.29 is 75.3 Å². The van der Waals surface area contributed by atoms with Crippen LogP contribution in [0.3, 0.4) is 0 Å². The minimum Gasteiger partial charge on any atom is -1.00 e. The molecule has 0 saturated carbocycles. The molecule has 1 aromatic rings. The van der Waals surface area contributed by atoms with Crippen molar-refractivity contribution in [2.45, 2.75) is 46.5 Å². The van der Waals surface area contributed by atoms with Crippen molar-refractivity contribution in [1.82, 2.24) is 0 Å². The Kier molecular flexibility index (Phi) is 11.0. The van der Waals surface area contributed by atoms with Gasteiger partial charge in [0.2, 0.25) is 0 Å². The van der Waals surface area contributed by atoms with Crippen LogP contribution in [0.4, 0.5) is 0 Å². The third-order valence-electron chi connectivity index (χ3n) is 3.59. The molecule has 25 heavy (non-hydrogen) atoms. The van der Waals surface area contributed by atoms with Crippen LogP contribution in [-0.2, 0) is 20.3 Å². The summed E-state index contributed by atoms with van der Waals surface area (Å²) in [5.41, 5.74) is 1.63. The molecule has 0 heterocycles. The first-order valence-corrected chi connectivity index (χ1v) is 9.76. The average Bonchev–Trinajstić information content (AvgIpc) is 2.39. The molecule has 0 unspecified atom stereocenters. The third-order valence-corrected chi connectivity index (χ3v) is 4.27. The molecule has 0 fully saturated rings. The average molecular weight is 399 g/mol. The smallest absolute Gasteiger partial charge is 1.00 e. The van der Waals surface area contributed by atoms with Gasteiger partial charge in [0, 0.05) is 0 Å². The van der Waals surface area contributed by atoms with Crippen LogP contribution in [0.15, 0.2) is 24.3 Å². The van der Waals surface area contributed by atoms with Crippen LogP contribution in [0.2, 0.25) is 0 Å². The van der Waals surface area contributed by atoms with Crippen molar-refractivity contribution in [3.8, 4) is 5.75 Å². The minimum absolute atomic E-state index is 0. The SMILES string of the molecule is CC(C)(C)CC(C)(C)c1ccc(OCCOCCS(=O)(=O)O)cc1.[H-].[K+]. The zero-order valence-electron chi connectivity index (χ0n) is 17.3. The summed E-state index contributed by atoms with van der Waals surface area (Å²) >= 11 is 0. The van der Waals surface area contributed by atoms with Crippen molar-refractivity contribution in [2.75, 3.05) is 25.6 Å². The normalized spacial score (nSPS) is 12.6. The standard InChI is InChI=1S/C18H30O5S.K.H/c1-17(2,3)14-18(4,5)15-6-8-16(9-7-15)23-11-10-22-12-13-24(19,20)21;;/h6-9H,10-14H2,1-5H3,(H,19,20,21);;/q;+1;-1. The first kappa shape index (κ1) is 25.5. The topological polar surface area (TPSA) is 72.8 Å². The Morgan fingerprint density at radius 3 is 2.04 bits per heavy atom. The Morgan fingerprint density at radius 2 is 1.56 bits per heavy atom. The van der Waals surface area contributed by atoms with Crippen LogP contribution in [0.5, 0.6) is 5.75 Å². The van der Waals surface area contributed by atoms with E-state index in [9.17, 15) is 8.42 Å².